The highest BCUT2D eigenvalue weighted by Crippen LogP contribution is 2.42. The highest BCUT2D eigenvalue weighted by Gasteiger charge is 2.22. The van der Waals surface area contributed by atoms with Crippen LogP contribution in [-0.4, -0.2) is 62.8 Å². The predicted octanol–water partition coefficient (Wildman–Crippen LogP) is 1.89. The van der Waals surface area contributed by atoms with Crippen molar-refractivity contribution in [3.8, 4) is 0 Å². The number of rotatable bonds is 7. The smallest absolute Gasteiger partial charge is 0.407 e. The van der Waals surface area contributed by atoms with E-state index in [9.17, 15) is 19.2 Å². The number of benzene rings is 1. The number of para-hydroxylation sites is 1. The maximum absolute atomic E-state index is 12.8. The van der Waals surface area contributed by atoms with Crippen LogP contribution in [0, 0.1) is 0 Å². The van der Waals surface area contributed by atoms with Crippen molar-refractivity contribution < 1.29 is 24.2 Å². The van der Waals surface area contributed by atoms with Crippen molar-refractivity contribution in [2.24, 2.45) is 0 Å². The van der Waals surface area contributed by atoms with E-state index in [4.69, 9.17) is 9.84 Å². The number of carboxylic acid groups (broad SMARTS) is 1. The minimum atomic E-state index is -1.21. The predicted molar refractivity (Wildman–Crippen MR) is 121 cm³/mol. The van der Waals surface area contributed by atoms with Crippen molar-refractivity contribution >= 4 is 41.2 Å². The lowest BCUT2D eigenvalue weighted by Gasteiger charge is -2.23. The molecular weight excluding hydrogens is 450 g/mol. The lowest BCUT2D eigenvalue weighted by molar-refractivity contribution is -0.144. The Labute approximate surface area is 194 Å². The molecule has 0 bridgehead atoms. The number of aliphatic carboxylic acids is 1. The van der Waals surface area contributed by atoms with E-state index in [1.165, 1.54) is 18.0 Å². The molecule has 11 nitrogen and oxygen atoms in total. The quantitative estimate of drug-likeness (QED) is 0.467. The van der Waals surface area contributed by atoms with Crippen molar-refractivity contribution in [1.82, 2.24) is 19.8 Å². The summed E-state index contributed by atoms with van der Waals surface area (Å²) in [7, 11) is 0. The van der Waals surface area contributed by atoms with E-state index >= 15 is 0 Å². The molecule has 0 saturated heterocycles. The second-order valence-corrected chi connectivity index (χ2v) is 9.31. The SMILES string of the molecule is CC(C)(C)OC(=O)NCCN(CC(=O)O)C(=O)Cn1cc2c(nc1=O)Nc1ccccc1S2. The van der Waals surface area contributed by atoms with E-state index in [-0.39, 0.29) is 19.6 Å². The molecule has 2 amide bonds. The van der Waals surface area contributed by atoms with Crippen molar-refractivity contribution in [2.45, 2.75) is 42.7 Å². The minimum Gasteiger partial charge on any atom is -0.480 e. The Kier molecular flexibility index (Phi) is 7.26. The fourth-order valence-electron chi connectivity index (χ4n) is 2.96. The number of hydrogen-bond donors (Lipinski definition) is 3. The average Bonchev–Trinajstić information content (AvgIpc) is 2.70. The van der Waals surface area contributed by atoms with Crippen LogP contribution in [0.25, 0.3) is 0 Å². The van der Waals surface area contributed by atoms with Crippen LogP contribution in [0.5, 0.6) is 0 Å². The summed E-state index contributed by atoms with van der Waals surface area (Å²) in [6.45, 7) is 4.09. The average molecular weight is 476 g/mol. The maximum atomic E-state index is 12.8. The number of nitrogens with one attached hydrogen (secondary N) is 2. The van der Waals surface area contributed by atoms with Crippen LogP contribution in [0.1, 0.15) is 20.8 Å². The van der Waals surface area contributed by atoms with E-state index < -0.39 is 35.8 Å². The first kappa shape index (κ1) is 24.1. The molecule has 176 valence electrons. The fraction of sp³-hybridized carbons (Fsp3) is 0.381. The van der Waals surface area contributed by atoms with Crippen LogP contribution in [0.2, 0.25) is 0 Å². The highest BCUT2D eigenvalue weighted by atomic mass is 32.2. The highest BCUT2D eigenvalue weighted by molar-refractivity contribution is 7.99. The number of nitrogens with zero attached hydrogens (tertiary/aromatic N) is 3. The zero-order chi connectivity index (χ0) is 24.2. The van der Waals surface area contributed by atoms with Gasteiger partial charge in [-0.2, -0.15) is 4.98 Å². The van der Waals surface area contributed by atoms with E-state index in [1.54, 1.807) is 20.8 Å². The van der Waals surface area contributed by atoms with Crippen LogP contribution in [0.3, 0.4) is 0 Å². The number of carboxylic acids is 1. The van der Waals surface area contributed by atoms with Crippen molar-refractivity contribution in [3.05, 3.63) is 40.9 Å². The number of amides is 2. The van der Waals surface area contributed by atoms with Gasteiger partial charge in [-0.1, -0.05) is 23.9 Å². The van der Waals surface area contributed by atoms with Gasteiger partial charge >= 0.3 is 17.8 Å². The summed E-state index contributed by atoms with van der Waals surface area (Å²) in [6, 6.07) is 7.55. The van der Waals surface area contributed by atoms with Gasteiger partial charge in [0.25, 0.3) is 0 Å². The molecule has 2 aromatic rings. The summed E-state index contributed by atoms with van der Waals surface area (Å²) in [5.41, 5.74) is -0.494. The van der Waals surface area contributed by atoms with Gasteiger partial charge < -0.3 is 25.4 Å². The van der Waals surface area contributed by atoms with Gasteiger partial charge in [0.05, 0.1) is 10.6 Å². The Morgan fingerprint density at radius 1 is 1.24 bits per heavy atom. The van der Waals surface area contributed by atoms with Crippen LogP contribution < -0.4 is 16.3 Å². The molecule has 0 aliphatic carbocycles. The summed E-state index contributed by atoms with van der Waals surface area (Å²) >= 11 is 1.41. The number of alkyl carbamates (subject to hydrolysis) is 1. The summed E-state index contributed by atoms with van der Waals surface area (Å²) in [5, 5.41) is 14.7. The molecule has 3 rings (SSSR count). The normalized spacial score (nSPS) is 12.1. The largest absolute Gasteiger partial charge is 0.480 e. The van der Waals surface area contributed by atoms with Gasteiger partial charge in [-0.15, -0.1) is 0 Å². The van der Waals surface area contributed by atoms with Gasteiger partial charge in [-0.05, 0) is 32.9 Å². The molecule has 1 aliphatic rings. The van der Waals surface area contributed by atoms with Crippen LogP contribution in [0.15, 0.2) is 45.0 Å². The Hall–Kier alpha value is -3.54. The lowest BCUT2D eigenvalue weighted by Crippen LogP contribution is -2.44. The number of anilines is 2. The van der Waals surface area contributed by atoms with E-state index in [2.05, 4.69) is 15.6 Å². The van der Waals surface area contributed by atoms with Gasteiger partial charge in [-0.25, -0.2) is 9.59 Å². The second-order valence-electron chi connectivity index (χ2n) is 8.23. The molecule has 3 N–H and O–H groups in total. The van der Waals surface area contributed by atoms with Gasteiger partial charge in [0.15, 0.2) is 5.82 Å². The summed E-state index contributed by atoms with van der Waals surface area (Å²) in [4.78, 5) is 54.9. The minimum absolute atomic E-state index is 0.0121. The third-order valence-corrected chi connectivity index (χ3v) is 5.45. The molecule has 0 fully saturated rings. The molecule has 0 radical (unpaired) electrons. The summed E-state index contributed by atoms with van der Waals surface area (Å²) < 4.78 is 6.26. The van der Waals surface area contributed by atoms with Gasteiger partial charge in [0.1, 0.15) is 18.7 Å². The molecule has 0 saturated carbocycles. The molecule has 0 atom stereocenters. The van der Waals surface area contributed by atoms with E-state index in [0.717, 1.165) is 20.0 Å². The molecule has 0 spiro atoms. The molecule has 1 aromatic carbocycles. The lowest BCUT2D eigenvalue weighted by atomic mass is 10.2. The van der Waals surface area contributed by atoms with Crippen molar-refractivity contribution in [3.63, 3.8) is 0 Å². The van der Waals surface area contributed by atoms with Crippen LogP contribution >= 0.6 is 11.8 Å². The monoisotopic (exact) mass is 475 g/mol. The molecule has 33 heavy (non-hydrogen) atoms. The number of aromatic nitrogens is 2. The van der Waals surface area contributed by atoms with Gasteiger partial charge in [0.2, 0.25) is 5.91 Å². The Bertz CT molecular complexity index is 1130. The summed E-state index contributed by atoms with van der Waals surface area (Å²) in [5.74, 6) is -1.41. The van der Waals surface area contributed by atoms with Crippen LogP contribution in [0.4, 0.5) is 16.3 Å². The van der Waals surface area contributed by atoms with E-state index in [1.807, 2.05) is 24.3 Å². The number of carbonyl (C=O) groups excluding carboxylic acids is 2. The molecule has 0 unspecified atom stereocenters. The molecule has 1 aliphatic heterocycles. The zero-order valence-electron chi connectivity index (χ0n) is 18.5. The number of carbonyl (C=O) groups is 3. The zero-order valence-corrected chi connectivity index (χ0v) is 19.3. The standard InChI is InChI=1S/C21H25N5O6S/c1-21(2,3)32-20(31)22-8-9-25(12-17(28)29)16(27)11-26-10-15-18(24-19(26)30)23-13-6-4-5-7-14(13)33-15/h4-7,10H,8-9,11-12H2,1-3H3,(H,22,31)(H,28,29)(H,23,24,30). The maximum Gasteiger partial charge on any atom is 0.407 e. The Morgan fingerprint density at radius 2 is 1.97 bits per heavy atom. The molecular formula is C21H25N5O6S. The Morgan fingerprint density at radius 3 is 2.67 bits per heavy atom. The van der Waals surface area contributed by atoms with Gasteiger partial charge in [0, 0.05) is 24.2 Å². The molecule has 12 heteroatoms. The Balaban J connectivity index is 1.67. The molecule has 1 aromatic heterocycles. The van der Waals surface area contributed by atoms with Crippen molar-refractivity contribution in [1.29, 1.82) is 0 Å². The number of hydrogen-bond acceptors (Lipinski definition) is 8. The molecule has 2 heterocycles. The fourth-order valence-corrected chi connectivity index (χ4v) is 3.95. The van der Waals surface area contributed by atoms with E-state index in [0.29, 0.717) is 10.7 Å². The van der Waals surface area contributed by atoms with Crippen LogP contribution in [-0.2, 0) is 20.9 Å². The number of ether oxygens (including phenoxy) is 1. The summed E-state index contributed by atoms with van der Waals surface area (Å²) in [6.07, 6.45) is 0.846. The number of fused-ring (bicyclic) bond motifs is 2. The van der Waals surface area contributed by atoms with Gasteiger partial charge in [-0.3, -0.25) is 14.2 Å². The second kappa shape index (κ2) is 9.94. The third kappa shape index (κ3) is 6.72. The first-order valence-corrected chi connectivity index (χ1v) is 11.0. The third-order valence-electron chi connectivity index (χ3n) is 4.35. The first-order valence-electron chi connectivity index (χ1n) is 10.1. The first-order chi connectivity index (χ1) is 15.5. The topological polar surface area (TPSA) is 143 Å². The van der Waals surface area contributed by atoms with Crippen molar-refractivity contribution in [2.75, 3.05) is 25.0 Å².